The molecule has 3 N–H and O–H groups in total. The van der Waals surface area contributed by atoms with E-state index in [1.807, 2.05) is 0 Å². The number of halogens is 4. The molecule has 0 radical (unpaired) electrons. The number of hydrogen-bond donors (Lipinski definition) is 3. The van der Waals surface area contributed by atoms with E-state index in [2.05, 4.69) is 5.32 Å². The minimum Gasteiger partial charge on any atom is -0.481 e. The van der Waals surface area contributed by atoms with E-state index in [4.69, 9.17) is 16.7 Å². The van der Waals surface area contributed by atoms with E-state index in [0.29, 0.717) is 0 Å². The molecule has 106 valence electrons. The molecular weight excluding hydrogens is 287 g/mol. The third kappa shape index (κ3) is 4.96. The minimum atomic E-state index is -4.50. The molecule has 0 aromatic heterocycles. The summed E-state index contributed by atoms with van der Waals surface area (Å²) in [6, 6.07) is 2.72. The molecule has 1 unspecified atom stereocenters. The number of carbonyl (C=O) groups is 1. The fourth-order valence-corrected chi connectivity index (χ4v) is 1.52. The lowest BCUT2D eigenvalue weighted by Crippen LogP contribution is -2.22. The van der Waals surface area contributed by atoms with Crippen LogP contribution >= 0.6 is 11.6 Å². The van der Waals surface area contributed by atoms with Crippen LogP contribution in [0, 0.1) is 0 Å². The Balaban J connectivity index is 2.75. The molecule has 4 nitrogen and oxygen atoms in total. The number of carboxylic acid groups (broad SMARTS) is 1. The van der Waals surface area contributed by atoms with Crippen LogP contribution in [0.5, 0.6) is 0 Å². The molecule has 1 aromatic carbocycles. The third-order valence-electron chi connectivity index (χ3n) is 2.23. The number of aliphatic carboxylic acids is 1. The summed E-state index contributed by atoms with van der Waals surface area (Å²) in [6.45, 7) is -0.215. The lowest BCUT2D eigenvalue weighted by atomic mass is 10.2. The number of nitrogens with one attached hydrogen (secondary N) is 1. The summed E-state index contributed by atoms with van der Waals surface area (Å²) in [5, 5.41) is 20.3. The van der Waals surface area contributed by atoms with Gasteiger partial charge in [0.05, 0.1) is 28.8 Å². The van der Waals surface area contributed by atoms with Crippen LogP contribution in [0.15, 0.2) is 18.2 Å². The van der Waals surface area contributed by atoms with E-state index in [1.54, 1.807) is 0 Å². The zero-order chi connectivity index (χ0) is 14.6. The molecule has 1 rings (SSSR count). The van der Waals surface area contributed by atoms with Gasteiger partial charge in [0.2, 0.25) is 0 Å². The molecule has 0 aliphatic heterocycles. The van der Waals surface area contributed by atoms with Crippen molar-refractivity contribution in [1.82, 2.24) is 0 Å². The summed E-state index contributed by atoms with van der Waals surface area (Å²) in [5.74, 6) is -1.20. The molecule has 0 amide bonds. The van der Waals surface area contributed by atoms with Gasteiger partial charge in [0.25, 0.3) is 0 Å². The molecule has 0 spiro atoms. The van der Waals surface area contributed by atoms with Crippen molar-refractivity contribution in [3.8, 4) is 0 Å². The van der Waals surface area contributed by atoms with Crippen LogP contribution in [-0.2, 0) is 11.0 Å². The van der Waals surface area contributed by atoms with Crippen molar-refractivity contribution in [2.45, 2.75) is 18.7 Å². The molecule has 0 fully saturated rings. The minimum absolute atomic E-state index is 0.0130. The highest BCUT2D eigenvalue weighted by molar-refractivity contribution is 6.33. The van der Waals surface area contributed by atoms with E-state index in [9.17, 15) is 23.1 Å². The van der Waals surface area contributed by atoms with Crippen LogP contribution in [0.4, 0.5) is 18.9 Å². The number of rotatable bonds is 5. The van der Waals surface area contributed by atoms with Gasteiger partial charge in [-0.2, -0.15) is 13.2 Å². The molecular formula is C11H11ClF3NO3. The molecule has 1 aromatic rings. The number of carboxylic acids is 1. The number of aliphatic hydroxyl groups is 1. The standard InChI is InChI=1S/C11H11ClF3NO3/c12-8-2-1-6(11(13,14)15)3-9(8)16-5-7(17)4-10(18)19/h1-3,7,16-17H,4-5H2,(H,18,19). The van der Waals surface area contributed by atoms with Crippen LogP contribution < -0.4 is 5.32 Å². The van der Waals surface area contributed by atoms with Crippen molar-refractivity contribution in [2.24, 2.45) is 0 Å². The highest BCUT2D eigenvalue weighted by atomic mass is 35.5. The number of aliphatic hydroxyl groups excluding tert-OH is 1. The van der Waals surface area contributed by atoms with Gasteiger partial charge in [-0.15, -0.1) is 0 Å². The van der Waals surface area contributed by atoms with E-state index < -0.39 is 30.2 Å². The molecule has 0 saturated heterocycles. The maximum Gasteiger partial charge on any atom is 0.416 e. The lowest BCUT2D eigenvalue weighted by Gasteiger charge is -2.14. The molecule has 0 aliphatic carbocycles. The molecule has 1 atom stereocenters. The van der Waals surface area contributed by atoms with Gasteiger partial charge in [0, 0.05) is 6.54 Å². The highest BCUT2D eigenvalue weighted by Crippen LogP contribution is 2.33. The van der Waals surface area contributed by atoms with Crippen LogP contribution in [0.3, 0.4) is 0 Å². The SMILES string of the molecule is O=C(O)CC(O)CNc1cc(C(F)(F)F)ccc1Cl. The summed E-state index contributed by atoms with van der Waals surface area (Å²) in [5.41, 5.74) is -0.895. The van der Waals surface area contributed by atoms with Crippen molar-refractivity contribution in [3.05, 3.63) is 28.8 Å². The summed E-state index contributed by atoms with van der Waals surface area (Å²) in [4.78, 5) is 10.3. The van der Waals surface area contributed by atoms with Gasteiger partial charge in [0.15, 0.2) is 0 Å². The van der Waals surface area contributed by atoms with Gasteiger partial charge < -0.3 is 15.5 Å². The average Bonchev–Trinajstić information content (AvgIpc) is 2.25. The summed E-state index contributed by atoms with van der Waals surface area (Å²) >= 11 is 5.71. The van der Waals surface area contributed by atoms with E-state index in [1.165, 1.54) is 0 Å². The fraction of sp³-hybridized carbons (Fsp3) is 0.364. The van der Waals surface area contributed by atoms with Crippen LogP contribution in [-0.4, -0.2) is 28.8 Å². The van der Waals surface area contributed by atoms with Crippen molar-refractivity contribution in [1.29, 1.82) is 0 Å². The summed E-state index contributed by atoms with van der Waals surface area (Å²) in [7, 11) is 0. The van der Waals surface area contributed by atoms with Crippen LogP contribution in [0.2, 0.25) is 5.02 Å². The van der Waals surface area contributed by atoms with Gasteiger partial charge in [0.1, 0.15) is 0 Å². The average molecular weight is 298 g/mol. The zero-order valence-electron chi connectivity index (χ0n) is 9.54. The second-order valence-electron chi connectivity index (χ2n) is 3.82. The fourth-order valence-electron chi connectivity index (χ4n) is 1.34. The van der Waals surface area contributed by atoms with E-state index in [0.717, 1.165) is 18.2 Å². The zero-order valence-corrected chi connectivity index (χ0v) is 10.3. The first-order chi connectivity index (χ1) is 8.70. The Hall–Kier alpha value is -1.47. The lowest BCUT2D eigenvalue weighted by molar-refractivity contribution is -0.139. The number of hydrogen-bond acceptors (Lipinski definition) is 3. The Bertz CT molecular complexity index is 465. The molecule has 0 saturated carbocycles. The number of alkyl halides is 3. The van der Waals surface area contributed by atoms with Crippen molar-refractivity contribution in [3.63, 3.8) is 0 Å². The quantitative estimate of drug-likeness (QED) is 0.781. The first kappa shape index (κ1) is 15.6. The maximum atomic E-state index is 12.5. The Morgan fingerprint density at radius 2 is 2.05 bits per heavy atom. The Morgan fingerprint density at radius 3 is 2.58 bits per heavy atom. The van der Waals surface area contributed by atoms with Gasteiger partial charge in [-0.1, -0.05) is 11.6 Å². The Morgan fingerprint density at radius 1 is 1.42 bits per heavy atom. The van der Waals surface area contributed by atoms with Gasteiger partial charge >= 0.3 is 12.1 Å². The Labute approximate surface area is 111 Å². The second kappa shape index (κ2) is 6.12. The summed E-state index contributed by atoms with van der Waals surface area (Å²) in [6.07, 6.45) is -6.23. The highest BCUT2D eigenvalue weighted by Gasteiger charge is 2.30. The normalized spacial score (nSPS) is 13.1. The van der Waals surface area contributed by atoms with Crippen LogP contribution in [0.25, 0.3) is 0 Å². The predicted octanol–water partition coefficient (Wildman–Crippen LogP) is 2.61. The van der Waals surface area contributed by atoms with Crippen molar-refractivity contribution in [2.75, 3.05) is 11.9 Å². The van der Waals surface area contributed by atoms with E-state index in [-0.39, 0.29) is 17.3 Å². The van der Waals surface area contributed by atoms with Crippen molar-refractivity contribution < 1.29 is 28.2 Å². The molecule has 0 heterocycles. The second-order valence-corrected chi connectivity index (χ2v) is 4.23. The van der Waals surface area contributed by atoms with Crippen LogP contribution in [0.1, 0.15) is 12.0 Å². The first-order valence-electron chi connectivity index (χ1n) is 5.20. The predicted molar refractivity (Wildman–Crippen MR) is 63.2 cm³/mol. The smallest absolute Gasteiger partial charge is 0.416 e. The van der Waals surface area contributed by atoms with Crippen molar-refractivity contribution >= 4 is 23.3 Å². The van der Waals surface area contributed by atoms with Gasteiger partial charge in [-0.05, 0) is 18.2 Å². The molecule has 0 bridgehead atoms. The van der Waals surface area contributed by atoms with E-state index >= 15 is 0 Å². The number of anilines is 1. The first-order valence-corrected chi connectivity index (χ1v) is 5.58. The monoisotopic (exact) mass is 297 g/mol. The molecule has 19 heavy (non-hydrogen) atoms. The largest absolute Gasteiger partial charge is 0.481 e. The maximum absolute atomic E-state index is 12.5. The van der Waals surface area contributed by atoms with Gasteiger partial charge in [-0.25, -0.2) is 0 Å². The topological polar surface area (TPSA) is 69.6 Å². The molecule has 8 heteroatoms. The third-order valence-corrected chi connectivity index (χ3v) is 2.56. The Kier molecular flexibility index (Phi) is 5.02. The molecule has 0 aliphatic rings. The summed E-state index contributed by atoms with van der Waals surface area (Å²) < 4.78 is 37.4. The number of benzene rings is 1. The van der Waals surface area contributed by atoms with Gasteiger partial charge in [-0.3, -0.25) is 4.79 Å².